The zero-order valence-electron chi connectivity index (χ0n) is 26.3. The predicted octanol–water partition coefficient (Wildman–Crippen LogP) is 4.71. The summed E-state index contributed by atoms with van der Waals surface area (Å²) in [4.78, 5) is 30.0. The molecule has 2 aliphatic rings. The maximum absolute atomic E-state index is 14.1. The molecule has 1 aromatic heterocycles. The van der Waals surface area contributed by atoms with Gasteiger partial charge in [-0.15, -0.1) is 11.3 Å². The molecule has 11 heteroatoms. The summed E-state index contributed by atoms with van der Waals surface area (Å²) in [5, 5.41) is 2.00. The molecule has 2 bridgehead atoms. The third kappa shape index (κ3) is 6.95. The largest absolute Gasteiger partial charge is 0.493 e. The Morgan fingerprint density at radius 3 is 2.42 bits per heavy atom. The van der Waals surface area contributed by atoms with Gasteiger partial charge < -0.3 is 19.1 Å². The molecule has 2 aliphatic carbocycles. The first-order valence-electron chi connectivity index (χ1n) is 14.9. The topological polar surface area (TPSA) is 102 Å². The van der Waals surface area contributed by atoms with E-state index in [4.69, 9.17) is 14.2 Å². The van der Waals surface area contributed by atoms with Crippen LogP contribution in [-0.2, 0) is 37.3 Å². The van der Waals surface area contributed by atoms with E-state index in [9.17, 15) is 18.0 Å². The molecular weight excluding hydrogens is 588 g/mol. The van der Waals surface area contributed by atoms with Crippen molar-refractivity contribution in [2.75, 3.05) is 53.3 Å². The minimum Gasteiger partial charge on any atom is -0.493 e. The average molecular weight is 635 g/mol. The number of aryl methyl sites for hydroxylation is 1. The van der Waals surface area contributed by atoms with E-state index >= 15 is 0 Å². The summed E-state index contributed by atoms with van der Waals surface area (Å²) >= 11 is 1.58. The Kier molecular flexibility index (Phi) is 10.6. The van der Waals surface area contributed by atoms with Crippen LogP contribution in [0.3, 0.4) is 0 Å². The number of hydrogen-bond acceptors (Lipinski definition) is 8. The van der Waals surface area contributed by atoms with Gasteiger partial charge in [0.15, 0.2) is 11.5 Å². The summed E-state index contributed by atoms with van der Waals surface area (Å²) in [5.41, 5.74) is 0.775. The van der Waals surface area contributed by atoms with Crippen molar-refractivity contribution in [1.29, 1.82) is 0 Å². The zero-order valence-corrected chi connectivity index (χ0v) is 27.9. The predicted molar refractivity (Wildman–Crippen MR) is 168 cm³/mol. The second-order valence-electron chi connectivity index (χ2n) is 12.4. The minimum absolute atomic E-state index is 0.0465. The van der Waals surface area contributed by atoms with E-state index in [0.717, 1.165) is 22.4 Å². The van der Waals surface area contributed by atoms with E-state index in [1.54, 1.807) is 37.6 Å². The summed E-state index contributed by atoms with van der Waals surface area (Å²) in [6.07, 6.45) is 2.89. The van der Waals surface area contributed by atoms with E-state index in [-0.39, 0.29) is 41.9 Å². The third-order valence-electron chi connectivity index (χ3n) is 9.80. The molecule has 0 N–H and O–H groups in total. The fourth-order valence-electron chi connectivity index (χ4n) is 6.79. The van der Waals surface area contributed by atoms with Crippen molar-refractivity contribution < 1.29 is 32.2 Å². The molecule has 0 aliphatic heterocycles. The van der Waals surface area contributed by atoms with Crippen molar-refractivity contribution in [3.63, 3.8) is 0 Å². The Morgan fingerprint density at radius 2 is 1.84 bits per heavy atom. The van der Waals surface area contributed by atoms with Gasteiger partial charge in [-0.05, 0) is 78.6 Å². The fraction of sp³-hybridized carbons (Fsp3) is 0.625. The molecule has 1 amide bonds. The highest BCUT2D eigenvalue weighted by atomic mass is 32.2. The molecular formula is C32H46N2O7S2. The summed E-state index contributed by atoms with van der Waals surface area (Å²) in [5.74, 6) is 0.971. The maximum Gasteiger partial charge on any atom is 0.238 e. The second kappa shape index (κ2) is 13.7. The molecule has 0 saturated heterocycles. The Labute approximate surface area is 260 Å². The van der Waals surface area contributed by atoms with Crippen LogP contribution in [0.4, 0.5) is 0 Å². The van der Waals surface area contributed by atoms with Gasteiger partial charge in [-0.3, -0.25) is 9.59 Å². The molecule has 4 rings (SSSR count). The van der Waals surface area contributed by atoms with Crippen LogP contribution in [0.15, 0.2) is 29.6 Å². The number of carbonyl (C=O) groups excluding carboxylic acids is 2. The quantitative estimate of drug-likeness (QED) is 0.247. The van der Waals surface area contributed by atoms with E-state index in [2.05, 4.69) is 0 Å². The van der Waals surface area contributed by atoms with Crippen molar-refractivity contribution in [3.05, 3.63) is 45.6 Å². The Hall–Kier alpha value is -2.47. The number of sulfonamides is 1. The normalized spacial score (nSPS) is 21.0. The van der Waals surface area contributed by atoms with E-state index in [1.165, 1.54) is 4.31 Å². The Morgan fingerprint density at radius 1 is 1.09 bits per heavy atom. The molecule has 0 radical (unpaired) electrons. The molecule has 2 atom stereocenters. The van der Waals surface area contributed by atoms with Gasteiger partial charge in [0, 0.05) is 43.5 Å². The number of hydrogen-bond donors (Lipinski definition) is 0. The van der Waals surface area contributed by atoms with Crippen LogP contribution in [0.2, 0.25) is 0 Å². The van der Waals surface area contributed by atoms with Crippen LogP contribution >= 0.6 is 11.3 Å². The van der Waals surface area contributed by atoms with E-state index in [0.29, 0.717) is 56.9 Å². The van der Waals surface area contributed by atoms with Crippen LogP contribution in [0.25, 0.3) is 0 Å². The lowest BCUT2D eigenvalue weighted by molar-refractivity contribution is -0.132. The summed E-state index contributed by atoms with van der Waals surface area (Å²) in [6.45, 7) is 7.10. The summed E-state index contributed by atoms with van der Waals surface area (Å²) in [6, 6.07) is 7.70. The molecule has 2 unspecified atom stereocenters. The smallest absolute Gasteiger partial charge is 0.238 e. The molecule has 0 spiro atoms. The number of amides is 1. The third-order valence-corrected chi connectivity index (χ3v) is 12.8. The number of thiophene rings is 1. The van der Waals surface area contributed by atoms with Crippen molar-refractivity contribution in [2.45, 2.75) is 59.4 Å². The highest BCUT2D eigenvalue weighted by Gasteiger charge is 2.65. The lowest BCUT2D eigenvalue weighted by Crippen LogP contribution is -2.49. The Balaban J connectivity index is 1.57. The minimum atomic E-state index is -3.94. The van der Waals surface area contributed by atoms with E-state index < -0.39 is 15.4 Å². The lowest BCUT2D eigenvalue weighted by atomic mass is 9.70. The molecule has 2 fully saturated rings. The SMILES string of the molecule is COCCCN(CC(=O)N(CCc1ccc(OC)c(OC)c1)Cc1sccc1C)S(=O)(=O)CC12CCC(CC1=O)C2(C)C. The van der Waals surface area contributed by atoms with Crippen molar-refractivity contribution >= 4 is 33.1 Å². The van der Waals surface area contributed by atoms with Crippen LogP contribution in [0, 0.1) is 23.7 Å². The van der Waals surface area contributed by atoms with Gasteiger partial charge >= 0.3 is 0 Å². The van der Waals surface area contributed by atoms with Crippen LogP contribution < -0.4 is 9.47 Å². The van der Waals surface area contributed by atoms with Gasteiger partial charge in [-0.25, -0.2) is 8.42 Å². The first kappa shape index (κ1) is 33.4. The van der Waals surface area contributed by atoms with Gasteiger partial charge in [0.25, 0.3) is 0 Å². The number of ketones is 1. The van der Waals surface area contributed by atoms with Crippen molar-refractivity contribution in [2.24, 2.45) is 16.7 Å². The lowest BCUT2D eigenvalue weighted by Gasteiger charge is -2.38. The number of ether oxygens (including phenoxy) is 3. The number of carbonyl (C=O) groups is 2. The van der Waals surface area contributed by atoms with Crippen molar-refractivity contribution in [3.8, 4) is 11.5 Å². The molecule has 238 valence electrons. The second-order valence-corrected chi connectivity index (χ2v) is 15.4. The number of nitrogens with zero attached hydrogens (tertiary/aromatic N) is 2. The number of rotatable bonds is 16. The van der Waals surface area contributed by atoms with Crippen LogP contribution in [-0.4, -0.2) is 82.6 Å². The van der Waals surface area contributed by atoms with Gasteiger partial charge in [-0.1, -0.05) is 19.9 Å². The standard InChI is InChI=1S/C32H46N2O7S2/c1-23-12-17-42-28(23)20-33(15-11-24-8-9-26(40-5)27(18-24)41-6)30(36)21-34(14-7-16-39-4)43(37,38)22-32-13-10-25(19-29(32)35)31(32,2)3/h8-9,12,17-18,25H,7,10-11,13-16,19-22H2,1-6H3. The zero-order chi connectivity index (χ0) is 31.4. The number of Topliss-reactive ketones (excluding diaryl/α,β-unsaturated/α-hetero) is 1. The van der Waals surface area contributed by atoms with Crippen LogP contribution in [0.5, 0.6) is 11.5 Å². The monoisotopic (exact) mass is 634 g/mol. The first-order valence-corrected chi connectivity index (χ1v) is 17.4. The summed E-state index contributed by atoms with van der Waals surface area (Å²) in [7, 11) is 0.805. The molecule has 2 aromatic rings. The maximum atomic E-state index is 14.1. The highest BCUT2D eigenvalue weighted by molar-refractivity contribution is 7.89. The number of benzene rings is 1. The number of fused-ring (bicyclic) bond motifs is 2. The molecule has 1 aromatic carbocycles. The van der Waals surface area contributed by atoms with Crippen molar-refractivity contribution in [1.82, 2.24) is 9.21 Å². The molecule has 2 saturated carbocycles. The average Bonchev–Trinajstić information content (AvgIpc) is 3.54. The molecule has 43 heavy (non-hydrogen) atoms. The van der Waals surface area contributed by atoms with Gasteiger partial charge in [0.05, 0.1) is 33.1 Å². The highest BCUT2D eigenvalue weighted by Crippen LogP contribution is 2.64. The van der Waals surface area contributed by atoms with Gasteiger partial charge in [0.2, 0.25) is 15.9 Å². The summed E-state index contributed by atoms with van der Waals surface area (Å²) < 4.78 is 45.5. The van der Waals surface area contributed by atoms with Crippen LogP contribution in [0.1, 0.15) is 55.5 Å². The first-order chi connectivity index (χ1) is 20.4. The van der Waals surface area contributed by atoms with E-state index in [1.807, 2.05) is 50.4 Å². The molecule has 9 nitrogen and oxygen atoms in total. The molecule has 1 heterocycles. The fourth-order valence-corrected chi connectivity index (χ4v) is 9.91. The number of methoxy groups -OCH3 is 3. The Bertz CT molecular complexity index is 1400. The van der Waals surface area contributed by atoms with Gasteiger partial charge in [0.1, 0.15) is 5.78 Å². The van der Waals surface area contributed by atoms with Gasteiger partial charge in [-0.2, -0.15) is 4.31 Å².